The quantitative estimate of drug-likeness (QED) is 0.415. The lowest BCUT2D eigenvalue weighted by atomic mass is 9.54. The number of amides is 2. The number of methoxy groups -OCH3 is 1. The molecule has 6 rings (SSSR count). The van der Waals surface area contributed by atoms with Gasteiger partial charge in [-0.05, 0) is 74.5 Å². The SMILES string of the molecule is COC1CC(CNC(=O)C(N)CC(N)=O)CC2C3Cc4ccc(O)c5c4C2(CCN3CC2CC2)C1O5. The third kappa shape index (κ3) is 3.78. The summed E-state index contributed by atoms with van der Waals surface area (Å²) in [6.07, 6.45) is 5.77. The van der Waals surface area contributed by atoms with Crippen molar-refractivity contribution in [2.24, 2.45) is 29.2 Å². The third-order valence-corrected chi connectivity index (χ3v) is 9.58. The second-order valence-electron chi connectivity index (χ2n) is 11.7. The van der Waals surface area contributed by atoms with Gasteiger partial charge in [-0.2, -0.15) is 0 Å². The van der Waals surface area contributed by atoms with Crippen LogP contribution in [0.25, 0.3) is 0 Å². The van der Waals surface area contributed by atoms with Crippen molar-refractivity contribution in [1.29, 1.82) is 0 Å². The highest BCUT2D eigenvalue weighted by Crippen LogP contribution is 2.64. The Kier molecular flexibility index (Phi) is 5.92. The monoisotopic (exact) mass is 498 g/mol. The number of carbonyl (C=O) groups excluding carboxylic acids is 2. The van der Waals surface area contributed by atoms with E-state index in [1.807, 2.05) is 0 Å². The number of hydrogen-bond donors (Lipinski definition) is 4. The lowest BCUT2D eigenvalue weighted by molar-refractivity contribution is -0.126. The number of carbonyl (C=O) groups is 2. The van der Waals surface area contributed by atoms with Gasteiger partial charge in [0.05, 0.1) is 18.6 Å². The Morgan fingerprint density at radius 1 is 1.31 bits per heavy atom. The maximum atomic E-state index is 12.6. The number of rotatable bonds is 8. The van der Waals surface area contributed by atoms with E-state index in [4.69, 9.17) is 20.9 Å². The highest BCUT2D eigenvalue weighted by atomic mass is 16.5. The zero-order valence-electron chi connectivity index (χ0n) is 20.9. The Labute approximate surface area is 211 Å². The highest BCUT2D eigenvalue weighted by molar-refractivity contribution is 5.87. The first-order chi connectivity index (χ1) is 17.3. The zero-order chi connectivity index (χ0) is 25.2. The predicted molar refractivity (Wildman–Crippen MR) is 132 cm³/mol. The molecule has 0 aromatic heterocycles. The number of primary amides is 1. The van der Waals surface area contributed by atoms with Crippen molar-refractivity contribution in [3.63, 3.8) is 0 Å². The number of likely N-dealkylation sites (tertiary alicyclic amines) is 1. The minimum absolute atomic E-state index is 0.162. The third-order valence-electron chi connectivity index (χ3n) is 9.58. The molecule has 2 aliphatic heterocycles. The largest absolute Gasteiger partial charge is 0.504 e. The summed E-state index contributed by atoms with van der Waals surface area (Å²) >= 11 is 0. The summed E-state index contributed by atoms with van der Waals surface area (Å²) in [6.45, 7) is 2.66. The molecule has 3 aliphatic carbocycles. The van der Waals surface area contributed by atoms with Crippen LogP contribution in [0.15, 0.2) is 12.1 Å². The molecule has 3 fully saturated rings. The fraction of sp³-hybridized carbons (Fsp3) is 0.704. The number of hydrogen-bond acceptors (Lipinski definition) is 7. The zero-order valence-corrected chi connectivity index (χ0v) is 20.9. The minimum Gasteiger partial charge on any atom is -0.504 e. The van der Waals surface area contributed by atoms with E-state index in [0.29, 0.717) is 24.3 Å². The van der Waals surface area contributed by atoms with Gasteiger partial charge in [-0.3, -0.25) is 14.5 Å². The van der Waals surface area contributed by atoms with Gasteiger partial charge in [-0.25, -0.2) is 0 Å². The fourth-order valence-electron chi connectivity index (χ4n) is 7.84. The topological polar surface area (TPSA) is 140 Å². The number of nitrogens with one attached hydrogen (secondary N) is 1. The molecule has 2 saturated carbocycles. The first kappa shape index (κ1) is 24.0. The van der Waals surface area contributed by atoms with E-state index in [-0.39, 0.29) is 41.6 Å². The molecule has 196 valence electrons. The summed E-state index contributed by atoms with van der Waals surface area (Å²) in [5.74, 6) is 1.27. The average Bonchev–Trinajstić information content (AvgIpc) is 3.61. The number of benzene rings is 1. The van der Waals surface area contributed by atoms with Crippen molar-refractivity contribution < 1.29 is 24.2 Å². The summed E-state index contributed by atoms with van der Waals surface area (Å²) in [4.78, 5) is 26.5. The van der Waals surface area contributed by atoms with E-state index in [2.05, 4.69) is 16.3 Å². The molecular formula is C27H38N4O5. The van der Waals surface area contributed by atoms with Crippen molar-refractivity contribution in [2.75, 3.05) is 26.7 Å². The molecule has 2 amide bonds. The summed E-state index contributed by atoms with van der Waals surface area (Å²) in [6, 6.07) is 3.34. The Balaban J connectivity index is 1.33. The summed E-state index contributed by atoms with van der Waals surface area (Å²) in [5.41, 5.74) is 13.4. The van der Waals surface area contributed by atoms with Gasteiger partial charge in [0.15, 0.2) is 11.5 Å². The molecule has 36 heavy (non-hydrogen) atoms. The maximum Gasteiger partial charge on any atom is 0.237 e. The van der Waals surface area contributed by atoms with Gasteiger partial charge < -0.3 is 31.4 Å². The van der Waals surface area contributed by atoms with Crippen LogP contribution in [0.3, 0.4) is 0 Å². The molecule has 5 aliphatic rings. The molecule has 1 aromatic rings. The van der Waals surface area contributed by atoms with E-state index in [1.165, 1.54) is 24.0 Å². The number of nitrogens with zero attached hydrogens (tertiary/aromatic N) is 1. The lowest BCUT2D eigenvalue weighted by Gasteiger charge is -2.56. The van der Waals surface area contributed by atoms with Crippen LogP contribution in [0, 0.1) is 17.8 Å². The van der Waals surface area contributed by atoms with Gasteiger partial charge >= 0.3 is 0 Å². The maximum absolute atomic E-state index is 12.6. The van der Waals surface area contributed by atoms with Gasteiger partial charge in [-0.15, -0.1) is 0 Å². The standard InChI is InChI=1S/C27H38N4O5/c1-35-21-9-15(12-30-26(34)18(28)11-22(29)33)8-17-19-10-16-4-5-20(32)24-23(16)27(17,25(21)36-24)6-7-31(19)13-14-2-3-14/h4-5,14-15,17-19,21,25,32H,2-3,6-13,28H2,1H3,(H2,29,33)(H,30,34). The Hall–Kier alpha value is -2.36. The predicted octanol–water partition coefficient (Wildman–Crippen LogP) is 0.792. The molecule has 2 bridgehead atoms. The first-order valence-corrected chi connectivity index (χ1v) is 13.4. The van der Waals surface area contributed by atoms with Gasteiger partial charge in [0.2, 0.25) is 11.8 Å². The molecule has 9 heteroatoms. The molecule has 1 spiro atoms. The highest BCUT2D eigenvalue weighted by Gasteiger charge is 2.65. The van der Waals surface area contributed by atoms with Crippen molar-refractivity contribution in [3.05, 3.63) is 23.3 Å². The summed E-state index contributed by atoms with van der Waals surface area (Å²) in [7, 11) is 1.73. The van der Waals surface area contributed by atoms with Crippen LogP contribution in [-0.4, -0.2) is 72.9 Å². The molecular weight excluding hydrogens is 460 g/mol. The molecule has 1 aromatic carbocycles. The second kappa shape index (κ2) is 8.89. The fourth-order valence-corrected chi connectivity index (χ4v) is 7.84. The number of phenolic OH excluding ortho intramolecular Hbond substituents is 1. The molecule has 1 saturated heterocycles. The van der Waals surface area contributed by atoms with Crippen LogP contribution in [0.2, 0.25) is 0 Å². The molecule has 9 nitrogen and oxygen atoms in total. The Morgan fingerprint density at radius 2 is 2.11 bits per heavy atom. The van der Waals surface area contributed by atoms with Gasteiger partial charge in [0.25, 0.3) is 0 Å². The van der Waals surface area contributed by atoms with Crippen LogP contribution in [0.4, 0.5) is 0 Å². The average molecular weight is 499 g/mol. The number of nitrogens with two attached hydrogens (primary N) is 2. The number of phenols is 1. The number of aromatic hydroxyl groups is 1. The summed E-state index contributed by atoms with van der Waals surface area (Å²) < 4.78 is 12.7. The normalized spacial score (nSPS) is 35.3. The van der Waals surface area contributed by atoms with Crippen LogP contribution >= 0.6 is 0 Å². The van der Waals surface area contributed by atoms with Crippen LogP contribution in [0.1, 0.15) is 49.7 Å². The molecule has 2 heterocycles. The number of piperidine rings is 1. The van der Waals surface area contributed by atoms with Crippen molar-refractivity contribution in [2.45, 2.75) is 74.7 Å². The van der Waals surface area contributed by atoms with E-state index in [1.54, 1.807) is 13.2 Å². The van der Waals surface area contributed by atoms with Crippen molar-refractivity contribution in [3.8, 4) is 11.5 Å². The van der Waals surface area contributed by atoms with Crippen LogP contribution in [0.5, 0.6) is 11.5 Å². The van der Waals surface area contributed by atoms with E-state index >= 15 is 0 Å². The molecule has 7 unspecified atom stereocenters. The van der Waals surface area contributed by atoms with Crippen molar-refractivity contribution in [1.82, 2.24) is 10.2 Å². The van der Waals surface area contributed by atoms with Gasteiger partial charge in [0.1, 0.15) is 6.10 Å². The molecule has 6 N–H and O–H groups in total. The van der Waals surface area contributed by atoms with Crippen molar-refractivity contribution >= 4 is 11.8 Å². The molecule has 7 atom stereocenters. The Morgan fingerprint density at radius 3 is 2.83 bits per heavy atom. The first-order valence-electron chi connectivity index (χ1n) is 13.4. The minimum atomic E-state index is -0.937. The lowest BCUT2D eigenvalue weighted by Crippen LogP contribution is -2.64. The molecule has 0 radical (unpaired) electrons. The number of ether oxygens (including phenoxy) is 2. The summed E-state index contributed by atoms with van der Waals surface area (Å²) in [5, 5.41) is 13.7. The second-order valence-corrected chi connectivity index (χ2v) is 11.7. The van der Waals surface area contributed by atoms with Crippen LogP contribution < -0.4 is 21.5 Å². The van der Waals surface area contributed by atoms with E-state index in [9.17, 15) is 14.7 Å². The smallest absolute Gasteiger partial charge is 0.237 e. The van der Waals surface area contributed by atoms with E-state index < -0.39 is 11.9 Å². The van der Waals surface area contributed by atoms with Crippen LogP contribution in [-0.2, 0) is 26.2 Å². The van der Waals surface area contributed by atoms with Gasteiger partial charge in [-0.1, -0.05) is 6.07 Å². The van der Waals surface area contributed by atoms with E-state index in [0.717, 1.165) is 44.7 Å². The Bertz CT molecular complexity index is 1060. The van der Waals surface area contributed by atoms with Gasteiger partial charge in [0, 0.05) is 37.2 Å².